The molecule has 5 heteroatoms. The lowest BCUT2D eigenvalue weighted by molar-refractivity contribution is 0.274. The average molecular weight is 224 g/mol. The van der Waals surface area contributed by atoms with Crippen LogP contribution in [0.4, 0.5) is 0 Å². The number of nitrogens with zero attached hydrogens (tertiary/aromatic N) is 3. The van der Waals surface area contributed by atoms with Crippen LogP contribution in [-0.4, -0.2) is 34.2 Å². The Balaban J connectivity index is 1.98. The van der Waals surface area contributed by atoms with E-state index < -0.39 is 0 Å². The zero-order chi connectivity index (χ0) is 11.8. The smallest absolute Gasteiger partial charge is 0.230 e. The fourth-order valence-corrected chi connectivity index (χ4v) is 1.82. The minimum Gasteiger partial charge on any atom is -0.423 e. The Morgan fingerprint density at radius 1 is 1.44 bits per heavy atom. The van der Waals surface area contributed by atoms with E-state index in [-0.39, 0.29) is 5.41 Å². The van der Waals surface area contributed by atoms with Gasteiger partial charge in [0.1, 0.15) is 0 Å². The second-order valence-electron chi connectivity index (χ2n) is 5.53. The maximum Gasteiger partial charge on any atom is 0.230 e. The van der Waals surface area contributed by atoms with Crippen molar-refractivity contribution in [1.82, 2.24) is 15.1 Å². The van der Waals surface area contributed by atoms with Crippen molar-refractivity contribution in [2.45, 2.75) is 45.2 Å². The summed E-state index contributed by atoms with van der Waals surface area (Å²) < 4.78 is 5.64. The first-order valence-corrected chi connectivity index (χ1v) is 5.76. The maximum atomic E-state index is 5.84. The molecule has 16 heavy (non-hydrogen) atoms. The van der Waals surface area contributed by atoms with Crippen LogP contribution in [0.2, 0.25) is 0 Å². The lowest BCUT2D eigenvalue weighted by Crippen LogP contribution is -2.26. The van der Waals surface area contributed by atoms with Crippen molar-refractivity contribution >= 4 is 0 Å². The Morgan fingerprint density at radius 3 is 2.69 bits per heavy atom. The molecule has 2 rings (SSSR count). The molecule has 0 spiro atoms. The summed E-state index contributed by atoms with van der Waals surface area (Å²) >= 11 is 0. The van der Waals surface area contributed by atoms with Gasteiger partial charge in [0.2, 0.25) is 11.8 Å². The first-order chi connectivity index (χ1) is 7.45. The van der Waals surface area contributed by atoms with Gasteiger partial charge in [-0.3, -0.25) is 4.90 Å². The molecule has 0 amide bonds. The number of rotatable bonds is 2. The van der Waals surface area contributed by atoms with E-state index in [2.05, 4.69) is 35.9 Å². The standard InChI is InChI=1S/C11H20N4O/c1-11(2,3)10-14-13-9(16-10)7-15-5-4-8(12)6-15/h8H,4-7,12H2,1-3H3/t8-/m1/s1. The molecule has 1 atom stereocenters. The minimum atomic E-state index is -0.0767. The molecule has 0 aliphatic carbocycles. The van der Waals surface area contributed by atoms with Gasteiger partial charge < -0.3 is 10.2 Å². The first-order valence-electron chi connectivity index (χ1n) is 5.76. The van der Waals surface area contributed by atoms with Crippen LogP contribution in [0, 0.1) is 0 Å². The number of nitrogens with two attached hydrogens (primary N) is 1. The van der Waals surface area contributed by atoms with Crippen molar-refractivity contribution in [3.05, 3.63) is 11.8 Å². The third-order valence-electron chi connectivity index (χ3n) is 2.78. The van der Waals surface area contributed by atoms with Crippen LogP contribution >= 0.6 is 0 Å². The van der Waals surface area contributed by atoms with E-state index in [4.69, 9.17) is 10.2 Å². The van der Waals surface area contributed by atoms with Crippen LogP contribution < -0.4 is 5.73 Å². The van der Waals surface area contributed by atoms with Crippen molar-refractivity contribution in [2.75, 3.05) is 13.1 Å². The minimum absolute atomic E-state index is 0.0767. The Morgan fingerprint density at radius 2 is 2.19 bits per heavy atom. The second kappa shape index (κ2) is 4.14. The molecule has 1 fully saturated rings. The van der Waals surface area contributed by atoms with E-state index in [0.29, 0.717) is 17.8 Å². The monoisotopic (exact) mass is 224 g/mol. The molecule has 1 aliphatic rings. The molecule has 0 unspecified atom stereocenters. The number of aromatic nitrogens is 2. The molecule has 0 saturated carbocycles. The number of likely N-dealkylation sites (tertiary alicyclic amines) is 1. The number of hydrogen-bond donors (Lipinski definition) is 1. The Kier molecular flexibility index (Phi) is 2.99. The number of hydrogen-bond acceptors (Lipinski definition) is 5. The molecule has 2 N–H and O–H groups in total. The van der Waals surface area contributed by atoms with Crippen molar-refractivity contribution in [1.29, 1.82) is 0 Å². The molecular formula is C11H20N4O. The largest absolute Gasteiger partial charge is 0.423 e. The molecule has 0 bridgehead atoms. The van der Waals surface area contributed by atoms with Gasteiger partial charge in [-0.1, -0.05) is 20.8 Å². The van der Waals surface area contributed by atoms with Crippen LogP contribution in [0.3, 0.4) is 0 Å². The SMILES string of the molecule is CC(C)(C)c1nnc(CN2CC[C@@H](N)C2)o1. The molecule has 0 aromatic carbocycles. The first kappa shape index (κ1) is 11.5. The lowest BCUT2D eigenvalue weighted by Gasteiger charge is -2.13. The molecule has 5 nitrogen and oxygen atoms in total. The van der Waals surface area contributed by atoms with Crippen molar-refractivity contribution in [2.24, 2.45) is 5.73 Å². The summed E-state index contributed by atoms with van der Waals surface area (Å²) in [4.78, 5) is 2.25. The van der Waals surface area contributed by atoms with E-state index in [9.17, 15) is 0 Å². The van der Waals surface area contributed by atoms with Gasteiger partial charge in [0, 0.05) is 24.5 Å². The molecule has 1 aromatic rings. The van der Waals surface area contributed by atoms with Gasteiger partial charge in [-0.15, -0.1) is 10.2 Å². The summed E-state index contributed by atoms with van der Waals surface area (Å²) in [5.41, 5.74) is 5.77. The zero-order valence-electron chi connectivity index (χ0n) is 10.2. The lowest BCUT2D eigenvalue weighted by atomic mass is 9.97. The molecule has 1 aliphatic heterocycles. The average Bonchev–Trinajstić information content (AvgIpc) is 2.74. The van der Waals surface area contributed by atoms with Crippen molar-refractivity contribution < 1.29 is 4.42 Å². The molecule has 90 valence electrons. The molecule has 0 radical (unpaired) electrons. The van der Waals surface area contributed by atoms with Gasteiger partial charge in [-0.05, 0) is 6.42 Å². The molecule has 2 heterocycles. The van der Waals surface area contributed by atoms with Crippen LogP contribution in [0.15, 0.2) is 4.42 Å². The molecule has 1 saturated heterocycles. The van der Waals surface area contributed by atoms with Gasteiger partial charge in [-0.25, -0.2) is 0 Å². The summed E-state index contributed by atoms with van der Waals surface area (Å²) in [6.07, 6.45) is 1.06. The van der Waals surface area contributed by atoms with Crippen LogP contribution in [0.5, 0.6) is 0 Å². The van der Waals surface area contributed by atoms with Gasteiger partial charge in [0.15, 0.2) is 0 Å². The normalized spacial score (nSPS) is 22.9. The van der Waals surface area contributed by atoms with Crippen LogP contribution in [0.1, 0.15) is 39.0 Å². The second-order valence-corrected chi connectivity index (χ2v) is 5.53. The fraction of sp³-hybridized carbons (Fsp3) is 0.818. The fourth-order valence-electron chi connectivity index (χ4n) is 1.82. The summed E-state index contributed by atoms with van der Waals surface area (Å²) in [6, 6.07) is 0.296. The van der Waals surface area contributed by atoms with E-state index in [1.807, 2.05) is 0 Å². The van der Waals surface area contributed by atoms with Gasteiger partial charge in [-0.2, -0.15) is 0 Å². The van der Waals surface area contributed by atoms with Gasteiger partial charge in [0.25, 0.3) is 0 Å². The van der Waals surface area contributed by atoms with Gasteiger partial charge in [0.05, 0.1) is 6.54 Å². The Hall–Kier alpha value is -0.940. The highest BCUT2D eigenvalue weighted by Gasteiger charge is 2.24. The predicted molar refractivity (Wildman–Crippen MR) is 60.9 cm³/mol. The third-order valence-corrected chi connectivity index (χ3v) is 2.78. The topological polar surface area (TPSA) is 68.2 Å². The summed E-state index contributed by atoms with van der Waals surface area (Å²) in [5, 5.41) is 8.15. The van der Waals surface area contributed by atoms with E-state index in [0.717, 1.165) is 26.1 Å². The molecule has 1 aromatic heterocycles. The summed E-state index contributed by atoms with van der Waals surface area (Å²) in [7, 11) is 0. The van der Waals surface area contributed by atoms with E-state index in [1.165, 1.54) is 0 Å². The van der Waals surface area contributed by atoms with E-state index >= 15 is 0 Å². The van der Waals surface area contributed by atoms with Crippen LogP contribution in [0.25, 0.3) is 0 Å². The summed E-state index contributed by atoms with van der Waals surface area (Å²) in [6.45, 7) is 8.86. The quantitative estimate of drug-likeness (QED) is 0.808. The van der Waals surface area contributed by atoms with Crippen molar-refractivity contribution in [3.8, 4) is 0 Å². The highest BCUT2D eigenvalue weighted by Crippen LogP contribution is 2.21. The third kappa shape index (κ3) is 2.59. The van der Waals surface area contributed by atoms with Crippen LogP contribution in [-0.2, 0) is 12.0 Å². The van der Waals surface area contributed by atoms with Crippen molar-refractivity contribution in [3.63, 3.8) is 0 Å². The highest BCUT2D eigenvalue weighted by atomic mass is 16.4. The highest BCUT2D eigenvalue weighted by molar-refractivity contribution is 4.96. The molecular weight excluding hydrogens is 204 g/mol. The predicted octanol–water partition coefficient (Wildman–Crippen LogP) is 0.900. The Labute approximate surface area is 96.0 Å². The van der Waals surface area contributed by atoms with Gasteiger partial charge >= 0.3 is 0 Å². The Bertz CT molecular complexity index is 355. The summed E-state index contributed by atoms with van der Waals surface area (Å²) in [5.74, 6) is 1.39. The van der Waals surface area contributed by atoms with E-state index in [1.54, 1.807) is 0 Å². The maximum absolute atomic E-state index is 5.84. The zero-order valence-corrected chi connectivity index (χ0v) is 10.2.